The molecule has 0 aliphatic heterocycles. The Labute approximate surface area is 183 Å². The Morgan fingerprint density at radius 1 is 0.621 bits per heavy atom. The molecule has 0 fully saturated rings. The SMILES string of the molecule is Clc1c(Br)cccc1-n1c(-c2ccccc2)c(-c2ccccc2)c2ccccc21. The molecular formula is C26H17BrClN. The molecule has 0 atom stereocenters. The van der Waals surface area contributed by atoms with Gasteiger partial charge < -0.3 is 4.57 Å². The van der Waals surface area contributed by atoms with E-state index in [-0.39, 0.29) is 0 Å². The molecule has 0 amide bonds. The van der Waals surface area contributed by atoms with E-state index in [1.54, 1.807) is 0 Å². The molecule has 0 radical (unpaired) electrons. The van der Waals surface area contributed by atoms with Crippen LogP contribution in [0.1, 0.15) is 0 Å². The van der Waals surface area contributed by atoms with Crippen LogP contribution >= 0.6 is 27.5 Å². The number of hydrogen-bond acceptors (Lipinski definition) is 0. The second-order valence-electron chi connectivity index (χ2n) is 6.88. The first-order valence-electron chi connectivity index (χ1n) is 9.44. The molecule has 1 aromatic heterocycles. The summed E-state index contributed by atoms with van der Waals surface area (Å²) in [6, 6.07) is 35.7. The molecule has 5 rings (SSSR count). The lowest BCUT2D eigenvalue weighted by Crippen LogP contribution is -1.99. The van der Waals surface area contributed by atoms with E-state index in [0.717, 1.165) is 26.9 Å². The fourth-order valence-corrected chi connectivity index (χ4v) is 4.49. The smallest absolute Gasteiger partial charge is 0.0788 e. The molecule has 5 aromatic rings. The summed E-state index contributed by atoms with van der Waals surface area (Å²) in [4.78, 5) is 0. The van der Waals surface area contributed by atoms with E-state index < -0.39 is 0 Å². The van der Waals surface area contributed by atoms with Crippen LogP contribution in [-0.2, 0) is 0 Å². The van der Waals surface area contributed by atoms with Gasteiger partial charge in [-0.15, -0.1) is 0 Å². The number of rotatable bonds is 3. The van der Waals surface area contributed by atoms with Crippen molar-refractivity contribution in [2.75, 3.05) is 0 Å². The third-order valence-corrected chi connectivity index (χ3v) is 6.44. The Hall–Kier alpha value is -2.81. The van der Waals surface area contributed by atoms with Gasteiger partial charge in [-0.2, -0.15) is 0 Å². The highest BCUT2D eigenvalue weighted by Crippen LogP contribution is 2.44. The molecule has 0 aliphatic carbocycles. The quantitative estimate of drug-likeness (QED) is 0.256. The molecule has 0 spiro atoms. The van der Waals surface area contributed by atoms with Gasteiger partial charge in [0.15, 0.2) is 0 Å². The third-order valence-electron chi connectivity index (χ3n) is 5.16. The monoisotopic (exact) mass is 457 g/mol. The largest absolute Gasteiger partial charge is 0.307 e. The highest BCUT2D eigenvalue weighted by molar-refractivity contribution is 9.10. The molecular weight excluding hydrogens is 442 g/mol. The Kier molecular flexibility index (Phi) is 4.75. The first kappa shape index (κ1) is 18.2. The minimum absolute atomic E-state index is 0.699. The molecule has 4 aromatic carbocycles. The Bertz CT molecular complexity index is 1310. The maximum Gasteiger partial charge on any atom is 0.0788 e. The maximum atomic E-state index is 6.78. The molecule has 0 unspecified atom stereocenters. The van der Waals surface area contributed by atoms with Crippen LogP contribution in [0.2, 0.25) is 5.02 Å². The predicted molar refractivity (Wildman–Crippen MR) is 127 cm³/mol. The van der Waals surface area contributed by atoms with Gasteiger partial charge in [0.2, 0.25) is 0 Å². The number of aromatic nitrogens is 1. The molecule has 29 heavy (non-hydrogen) atoms. The summed E-state index contributed by atoms with van der Waals surface area (Å²) in [6.45, 7) is 0. The minimum atomic E-state index is 0.699. The average Bonchev–Trinajstić information content (AvgIpc) is 3.12. The number of para-hydroxylation sites is 1. The fourth-order valence-electron chi connectivity index (χ4n) is 3.92. The molecule has 1 nitrogen and oxygen atoms in total. The van der Waals surface area contributed by atoms with Crippen molar-refractivity contribution in [2.24, 2.45) is 0 Å². The van der Waals surface area contributed by atoms with E-state index in [0.29, 0.717) is 5.02 Å². The number of halogens is 2. The van der Waals surface area contributed by atoms with Crippen LogP contribution < -0.4 is 0 Å². The van der Waals surface area contributed by atoms with Crippen LogP contribution in [0.15, 0.2) is 108 Å². The molecule has 3 heteroatoms. The molecule has 0 saturated carbocycles. The van der Waals surface area contributed by atoms with Crippen LogP contribution in [0.3, 0.4) is 0 Å². The van der Waals surface area contributed by atoms with Gasteiger partial charge in [-0.25, -0.2) is 0 Å². The van der Waals surface area contributed by atoms with Crippen LogP contribution in [0.4, 0.5) is 0 Å². The highest BCUT2D eigenvalue weighted by Gasteiger charge is 2.22. The van der Waals surface area contributed by atoms with Gasteiger partial charge in [-0.1, -0.05) is 96.5 Å². The van der Waals surface area contributed by atoms with Gasteiger partial charge in [-0.3, -0.25) is 0 Å². The summed E-state index contributed by atoms with van der Waals surface area (Å²) in [5, 5.41) is 1.90. The number of hydrogen-bond donors (Lipinski definition) is 0. The van der Waals surface area contributed by atoms with Gasteiger partial charge in [-0.05, 0) is 45.3 Å². The zero-order chi connectivity index (χ0) is 19.8. The van der Waals surface area contributed by atoms with Crippen molar-refractivity contribution in [2.45, 2.75) is 0 Å². The highest BCUT2D eigenvalue weighted by atomic mass is 79.9. The van der Waals surface area contributed by atoms with Crippen LogP contribution in [0, 0.1) is 0 Å². The second-order valence-corrected chi connectivity index (χ2v) is 8.11. The molecule has 1 heterocycles. The van der Waals surface area contributed by atoms with E-state index in [1.165, 1.54) is 16.5 Å². The summed E-state index contributed by atoms with van der Waals surface area (Å²) >= 11 is 10.4. The molecule has 0 aliphatic rings. The van der Waals surface area contributed by atoms with Crippen molar-refractivity contribution in [3.05, 3.63) is 113 Å². The van der Waals surface area contributed by atoms with Crippen LogP contribution in [-0.4, -0.2) is 4.57 Å². The summed E-state index contributed by atoms with van der Waals surface area (Å²) in [5.41, 5.74) is 6.77. The third kappa shape index (κ3) is 3.09. The first-order chi connectivity index (χ1) is 14.3. The maximum absolute atomic E-state index is 6.78. The van der Waals surface area contributed by atoms with Gasteiger partial charge in [0.1, 0.15) is 0 Å². The minimum Gasteiger partial charge on any atom is -0.307 e. The molecule has 140 valence electrons. The topological polar surface area (TPSA) is 4.93 Å². The second kappa shape index (κ2) is 7.55. The molecule has 0 saturated heterocycles. The van der Waals surface area contributed by atoms with Crippen molar-refractivity contribution in [1.82, 2.24) is 4.57 Å². The van der Waals surface area contributed by atoms with E-state index in [1.807, 2.05) is 18.2 Å². The summed E-state index contributed by atoms with van der Waals surface area (Å²) < 4.78 is 3.16. The predicted octanol–water partition coefficient (Wildman–Crippen LogP) is 8.38. The molecule has 0 bridgehead atoms. The number of fused-ring (bicyclic) bond motifs is 1. The van der Waals surface area contributed by atoms with Gasteiger partial charge >= 0.3 is 0 Å². The lowest BCUT2D eigenvalue weighted by molar-refractivity contribution is 1.13. The number of nitrogens with zero attached hydrogens (tertiary/aromatic N) is 1. The number of benzene rings is 4. The molecule has 0 N–H and O–H groups in total. The standard InChI is InChI=1S/C26H17BrClN/c27-21-15-9-17-23(25(21)28)29-22-16-8-7-14-20(22)24(18-10-3-1-4-11-18)26(29)19-12-5-2-6-13-19/h1-17H. The fraction of sp³-hybridized carbons (Fsp3) is 0. The zero-order valence-electron chi connectivity index (χ0n) is 15.5. The van der Waals surface area contributed by atoms with Gasteiger partial charge in [0, 0.05) is 15.4 Å². The Balaban J connectivity index is 1.99. The van der Waals surface area contributed by atoms with E-state index in [2.05, 4.69) is 105 Å². The van der Waals surface area contributed by atoms with Crippen molar-refractivity contribution < 1.29 is 0 Å². The summed E-state index contributed by atoms with van der Waals surface area (Å²) in [6.07, 6.45) is 0. The van der Waals surface area contributed by atoms with E-state index >= 15 is 0 Å². The average molecular weight is 459 g/mol. The first-order valence-corrected chi connectivity index (χ1v) is 10.6. The van der Waals surface area contributed by atoms with Crippen molar-refractivity contribution in [3.8, 4) is 28.1 Å². The van der Waals surface area contributed by atoms with E-state index in [4.69, 9.17) is 11.6 Å². The van der Waals surface area contributed by atoms with E-state index in [9.17, 15) is 0 Å². The lowest BCUT2D eigenvalue weighted by Gasteiger charge is -2.15. The van der Waals surface area contributed by atoms with Crippen molar-refractivity contribution in [3.63, 3.8) is 0 Å². The van der Waals surface area contributed by atoms with Gasteiger partial charge in [0.05, 0.1) is 21.9 Å². The van der Waals surface area contributed by atoms with Crippen LogP contribution in [0.5, 0.6) is 0 Å². The van der Waals surface area contributed by atoms with Crippen molar-refractivity contribution in [1.29, 1.82) is 0 Å². The summed E-state index contributed by atoms with van der Waals surface area (Å²) in [5.74, 6) is 0. The lowest BCUT2D eigenvalue weighted by atomic mass is 9.98. The van der Waals surface area contributed by atoms with Crippen LogP contribution in [0.25, 0.3) is 39.0 Å². The zero-order valence-corrected chi connectivity index (χ0v) is 17.9. The normalized spacial score (nSPS) is 11.1. The Morgan fingerprint density at radius 3 is 1.97 bits per heavy atom. The van der Waals surface area contributed by atoms with Gasteiger partial charge in [0.25, 0.3) is 0 Å². The summed E-state index contributed by atoms with van der Waals surface area (Å²) in [7, 11) is 0. The van der Waals surface area contributed by atoms with Crippen molar-refractivity contribution >= 4 is 38.4 Å². The Morgan fingerprint density at radius 2 is 1.24 bits per heavy atom.